The number of hydrogen-bond acceptors (Lipinski definition) is 8. The van der Waals surface area contributed by atoms with Gasteiger partial charge in [-0.3, -0.25) is 4.79 Å². The lowest BCUT2D eigenvalue weighted by molar-refractivity contribution is -0.368. The van der Waals surface area contributed by atoms with Gasteiger partial charge in [-0.2, -0.15) is 0 Å². The van der Waals surface area contributed by atoms with Crippen molar-refractivity contribution in [1.82, 2.24) is 0 Å². The normalized spacial score (nSPS) is 13.1. The summed E-state index contributed by atoms with van der Waals surface area (Å²) in [7, 11) is 0. The van der Waals surface area contributed by atoms with Gasteiger partial charge in [-0.05, 0) is 33.6 Å². The zero-order valence-corrected chi connectivity index (χ0v) is 15.7. The molecule has 0 rings (SSSR count). The predicted octanol–water partition coefficient (Wildman–Crippen LogP) is 1.90. The molecule has 8 heteroatoms. The van der Waals surface area contributed by atoms with E-state index in [1.165, 1.54) is 0 Å². The molecule has 0 aromatic rings. The fraction of sp³-hybridized carbons (Fsp3) is 0.824. The summed E-state index contributed by atoms with van der Waals surface area (Å²) >= 11 is 0. The maximum absolute atomic E-state index is 12.0. The standard InChI is InChI=1S/C17H32O8/c1-6-17(4,5)16(20)21-11-14(12-24-23-10-13(2)3)25-22-9-7-8-15(18)19/h14-15,18-19H,2,6-12H2,1,3-5H3. The predicted molar refractivity (Wildman–Crippen MR) is 90.0 cm³/mol. The fourth-order valence-corrected chi connectivity index (χ4v) is 1.35. The van der Waals surface area contributed by atoms with E-state index in [-0.39, 0.29) is 38.8 Å². The van der Waals surface area contributed by atoms with Crippen LogP contribution in [-0.2, 0) is 29.1 Å². The highest BCUT2D eigenvalue weighted by molar-refractivity contribution is 5.75. The Balaban J connectivity index is 4.26. The summed E-state index contributed by atoms with van der Waals surface area (Å²) in [6.45, 7) is 11.3. The monoisotopic (exact) mass is 364 g/mol. The number of rotatable bonds is 15. The zero-order chi connectivity index (χ0) is 19.3. The number of esters is 1. The third-order valence-corrected chi connectivity index (χ3v) is 3.37. The van der Waals surface area contributed by atoms with Gasteiger partial charge in [0.2, 0.25) is 0 Å². The number of aliphatic hydroxyl groups is 2. The Morgan fingerprint density at radius 3 is 2.40 bits per heavy atom. The molecule has 25 heavy (non-hydrogen) atoms. The minimum Gasteiger partial charge on any atom is -0.462 e. The molecule has 0 heterocycles. The van der Waals surface area contributed by atoms with Gasteiger partial charge < -0.3 is 14.9 Å². The smallest absolute Gasteiger partial charge is 0.311 e. The third kappa shape index (κ3) is 12.9. The van der Waals surface area contributed by atoms with E-state index in [1.54, 1.807) is 20.8 Å². The molecule has 0 amide bonds. The van der Waals surface area contributed by atoms with Crippen LogP contribution in [0.25, 0.3) is 0 Å². The molecule has 0 radical (unpaired) electrons. The van der Waals surface area contributed by atoms with Crippen molar-refractivity contribution in [2.45, 2.75) is 59.4 Å². The molecule has 0 aromatic heterocycles. The van der Waals surface area contributed by atoms with Crippen LogP contribution in [0.2, 0.25) is 0 Å². The highest BCUT2D eigenvalue weighted by Gasteiger charge is 2.28. The highest BCUT2D eigenvalue weighted by Crippen LogP contribution is 2.21. The quantitative estimate of drug-likeness (QED) is 0.113. The van der Waals surface area contributed by atoms with Crippen molar-refractivity contribution in [2.75, 3.05) is 26.4 Å². The Bertz CT molecular complexity index is 381. The average molecular weight is 364 g/mol. The van der Waals surface area contributed by atoms with Crippen LogP contribution in [0.4, 0.5) is 0 Å². The molecular formula is C17H32O8. The summed E-state index contributed by atoms with van der Waals surface area (Å²) in [6.07, 6.45) is -0.835. The Kier molecular flexibility index (Phi) is 12.7. The number of carbonyl (C=O) groups is 1. The van der Waals surface area contributed by atoms with E-state index in [2.05, 4.69) is 6.58 Å². The number of carbonyl (C=O) groups excluding carboxylic acids is 1. The van der Waals surface area contributed by atoms with Gasteiger partial charge in [-0.25, -0.2) is 19.6 Å². The summed E-state index contributed by atoms with van der Waals surface area (Å²) in [4.78, 5) is 32.1. The summed E-state index contributed by atoms with van der Waals surface area (Å²) < 4.78 is 5.26. The average Bonchev–Trinajstić information content (AvgIpc) is 2.54. The van der Waals surface area contributed by atoms with E-state index in [4.69, 9.17) is 34.5 Å². The third-order valence-electron chi connectivity index (χ3n) is 3.37. The molecule has 0 bridgehead atoms. The lowest BCUT2D eigenvalue weighted by atomic mass is 9.91. The van der Waals surface area contributed by atoms with Crippen LogP contribution in [0.1, 0.15) is 47.0 Å². The second-order valence-corrected chi connectivity index (χ2v) is 6.50. The lowest BCUT2D eigenvalue weighted by Gasteiger charge is -2.22. The second kappa shape index (κ2) is 13.2. The molecule has 0 aliphatic carbocycles. The number of aliphatic hydroxyl groups excluding tert-OH is 1. The van der Waals surface area contributed by atoms with Crippen LogP contribution in [0.15, 0.2) is 12.2 Å². The second-order valence-electron chi connectivity index (χ2n) is 6.50. The van der Waals surface area contributed by atoms with Crippen molar-refractivity contribution in [3.05, 3.63) is 12.2 Å². The van der Waals surface area contributed by atoms with Crippen LogP contribution in [0.3, 0.4) is 0 Å². The van der Waals surface area contributed by atoms with Crippen LogP contribution in [-0.4, -0.2) is 55.0 Å². The number of ether oxygens (including phenoxy) is 1. The first-order chi connectivity index (χ1) is 11.7. The van der Waals surface area contributed by atoms with Gasteiger partial charge in [0.15, 0.2) is 12.4 Å². The largest absolute Gasteiger partial charge is 0.462 e. The minimum absolute atomic E-state index is 0.00423. The molecular weight excluding hydrogens is 332 g/mol. The molecule has 8 nitrogen and oxygen atoms in total. The van der Waals surface area contributed by atoms with E-state index in [0.29, 0.717) is 12.8 Å². The van der Waals surface area contributed by atoms with Gasteiger partial charge >= 0.3 is 5.97 Å². The maximum Gasteiger partial charge on any atom is 0.311 e. The molecule has 0 aliphatic rings. The van der Waals surface area contributed by atoms with Gasteiger partial charge in [-0.15, -0.1) is 0 Å². The van der Waals surface area contributed by atoms with E-state index < -0.39 is 17.8 Å². The lowest BCUT2D eigenvalue weighted by Crippen LogP contribution is -2.32. The van der Waals surface area contributed by atoms with Crippen LogP contribution in [0.5, 0.6) is 0 Å². The summed E-state index contributed by atoms with van der Waals surface area (Å²) in [5.41, 5.74) is 0.215. The van der Waals surface area contributed by atoms with E-state index >= 15 is 0 Å². The molecule has 1 unspecified atom stereocenters. The summed E-state index contributed by atoms with van der Waals surface area (Å²) in [5.74, 6) is -0.338. The summed E-state index contributed by atoms with van der Waals surface area (Å²) in [6, 6.07) is 0. The molecule has 0 fully saturated rings. The van der Waals surface area contributed by atoms with E-state index in [9.17, 15) is 4.79 Å². The molecule has 0 saturated heterocycles. The molecule has 0 aliphatic heterocycles. The van der Waals surface area contributed by atoms with Gasteiger partial charge in [0.25, 0.3) is 0 Å². The Morgan fingerprint density at radius 2 is 1.84 bits per heavy atom. The first-order valence-electron chi connectivity index (χ1n) is 8.39. The molecule has 0 aromatic carbocycles. The minimum atomic E-state index is -1.38. The van der Waals surface area contributed by atoms with Crippen LogP contribution in [0, 0.1) is 5.41 Å². The molecule has 0 saturated carbocycles. The first-order valence-corrected chi connectivity index (χ1v) is 8.39. The van der Waals surface area contributed by atoms with Crippen LogP contribution >= 0.6 is 0 Å². The molecule has 148 valence electrons. The molecule has 0 spiro atoms. The van der Waals surface area contributed by atoms with Gasteiger partial charge in [0, 0.05) is 6.42 Å². The van der Waals surface area contributed by atoms with Crippen molar-refractivity contribution in [1.29, 1.82) is 0 Å². The Hall–Kier alpha value is -1.03. The van der Waals surface area contributed by atoms with Crippen molar-refractivity contribution in [2.24, 2.45) is 5.41 Å². The number of hydrogen-bond donors (Lipinski definition) is 2. The van der Waals surface area contributed by atoms with Crippen molar-refractivity contribution in [3.63, 3.8) is 0 Å². The maximum atomic E-state index is 12.0. The van der Waals surface area contributed by atoms with Gasteiger partial charge in [-0.1, -0.05) is 19.1 Å². The van der Waals surface area contributed by atoms with Gasteiger partial charge in [0.05, 0.1) is 12.0 Å². The van der Waals surface area contributed by atoms with E-state index in [1.807, 2.05) is 6.92 Å². The van der Waals surface area contributed by atoms with E-state index in [0.717, 1.165) is 5.57 Å². The molecule has 1 atom stereocenters. The Morgan fingerprint density at radius 1 is 1.16 bits per heavy atom. The zero-order valence-electron chi connectivity index (χ0n) is 15.7. The van der Waals surface area contributed by atoms with Gasteiger partial charge in [0.1, 0.15) is 19.8 Å². The SMILES string of the molecule is C=C(C)COOCC(COC(=O)C(C)(C)CC)OOCCCC(O)O. The summed E-state index contributed by atoms with van der Waals surface area (Å²) in [5, 5.41) is 17.5. The fourth-order valence-electron chi connectivity index (χ4n) is 1.35. The van der Waals surface area contributed by atoms with Crippen molar-refractivity contribution < 1.29 is 39.3 Å². The first kappa shape index (κ1) is 24.0. The van der Waals surface area contributed by atoms with Crippen molar-refractivity contribution in [3.8, 4) is 0 Å². The van der Waals surface area contributed by atoms with Crippen LogP contribution < -0.4 is 0 Å². The topological polar surface area (TPSA) is 104 Å². The highest BCUT2D eigenvalue weighted by atomic mass is 17.2. The Labute approximate surface area is 149 Å². The van der Waals surface area contributed by atoms with Crippen molar-refractivity contribution >= 4 is 5.97 Å². The molecule has 2 N–H and O–H groups in total.